The fraction of sp³-hybridized carbons (Fsp3) is 0. The quantitative estimate of drug-likeness (QED) is 0.666. The maximum Gasteiger partial charge on any atom is 0.173 e. The Bertz CT molecular complexity index is 469. The molecule has 0 aromatic carbocycles. The second kappa shape index (κ2) is 2.47. The number of nitrogens with zero attached hydrogens (tertiary/aromatic N) is 2. The molecule has 0 atom stereocenters. The van der Waals surface area contributed by atoms with Gasteiger partial charge in [-0.2, -0.15) is 5.26 Å². The van der Waals surface area contributed by atoms with Crippen molar-refractivity contribution in [2.75, 3.05) is 0 Å². The van der Waals surface area contributed by atoms with Crippen LogP contribution in [0.4, 0.5) is 0 Å². The van der Waals surface area contributed by atoms with Gasteiger partial charge in [0.1, 0.15) is 10.9 Å². The Balaban J connectivity index is 2.77. The number of fused-ring (bicyclic) bond motifs is 1. The van der Waals surface area contributed by atoms with Crippen LogP contribution in [0.5, 0.6) is 5.06 Å². The molecule has 58 valence electrons. The summed E-state index contributed by atoms with van der Waals surface area (Å²) in [5, 5.41) is 18.7. The van der Waals surface area contributed by atoms with Crippen molar-refractivity contribution in [1.82, 2.24) is 4.98 Å². The monoisotopic (exact) mass is 176 g/mol. The van der Waals surface area contributed by atoms with E-state index in [1.165, 1.54) is 17.5 Å². The van der Waals surface area contributed by atoms with Crippen LogP contribution in [-0.2, 0) is 0 Å². The van der Waals surface area contributed by atoms with Gasteiger partial charge in [0.15, 0.2) is 5.06 Å². The normalized spacial score (nSPS) is 9.92. The number of nitriles is 1. The second-order valence-electron chi connectivity index (χ2n) is 2.31. The van der Waals surface area contributed by atoms with Crippen molar-refractivity contribution >= 4 is 21.6 Å². The van der Waals surface area contributed by atoms with Crippen LogP contribution in [0.25, 0.3) is 10.2 Å². The smallest absolute Gasteiger partial charge is 0.173 e. The summed E-state index contributed by atoms with van der Waals surface area (Å²) in [6.07, 6.45) is 1.50. The Morgan fingerprint density at radius 2 is 2.33 bits per heavy atom. The van der Waals surface area contributed by atoms with E-state index in [0.29, 0.717) is 5.56 Å². The summed E-state index contributed by atoms with van der Waals surface area (Å²) >= 11 is 1.21. The number of aromatic nitrogens is 1. The van der Waals surface area contributed by atoms with Crippen LogP contribution in [0, 0.1) is 11.3 Å². The fourth-order valence-corrected chi connectivity index (χ4v) is 1.71. The highest BCUT2D eigenvalue weighted by Gasteiger charge is 2.01. The number of aromatic hydroxyl groups is 1. The Morgan fingerprint density at radius 1 is 1.50 bits per heavy atom. The SMILES string of the molecule is N#Cc1cnc2sc(O)cc2c1. The van der Waals surface area contributed by atoms with E-state index in [2.05, 4.69) is 4.98 Å². The van der Waals surface area contributed by atoms with Gasteiger partial charge in [0.05, 0.1) is 5.56 Å². The van der Waals surface area contributed by atoms with Crippen molar-refractivity contribution in [2.45, 2.75) is 0 Å². The van der Waals surface area contributed by atoms with Gasteiger partial charge in [-0.25, -0.2) is 4.98 Å². The molecular weight excluding hydrogens is 172 g/mol. The van der Waals surface area contributed by atoms with Crippen molar-refractivity contribution in [3.05, 3.63) is 23.9 Å². The predicted octanol–water partition coefficient (Wildman–Crippen LogP) is 1.87. The van der Waals surface area contributed by atoms with E-state index in [0.717, 1.165) is 10.2 Å². The first kappa shape index (κ1) is 7.07. The molecule has 12 heavy (non-hydrogen) atoms. The third-order valence-corrected chi connectivity index (χ3v) is 2.35. The molecule has 0 aliphatic carbocycles. The minimum absolute atomic E-state index is 0.229. The summed E-state index contributed by atoms with van der Waals surface area (Å²) in [7, 11) is 0. The molecule has 0 spiro atoms. The van der Waals surface area contributed by atoms with Gasteiger partial charge >= 0.3 is 0 Å². The Morgan fingerprint density at radius 3 is 3.08 bits per heavy atom. The molecule has 2 aromatic heterocycles. The van der Waals surface area contributed by atoms with Gasteiger partial charge in [0, 0.05) is 17.6 Å². The summed E-state index contributed by atoms with van der Waals surface area (Å²) < 4.78 is 0. The molecule has 3 nitrogen and oxygen atoms in total. The summed E-state index contributed by atoms with van der Waals surface area (Å²) in [5.74, 6) is 0. The maximum atomic E-state index is 9.12. The van der Waals surface area contributed by atoms with Crippen molar-refractivity contribution in [3.8, 4) is 11.1 Å². The van der Waals surface area contributed by atoms with Crippen LogP contribution in [0.15, 0.2) is 18.3 Å². The molecule has 2 rings (SSSR count). The lowest BCUT2D eigenvalue weighted by Crippen LogP contribution is -1.75. The van der Waals surface area contributed by atoms with Gasteiger partial charge in [0.2, 0.25) is 0 Å². The molecule has 0 fully saturated rings. The zero-order chi connectivity index (χ0) is 8.55. The minimum Gasteiger partial charge on any atom is -0.499 e. The van der Waals surface area contributed by atoms with Crippen LogP contribution in [0.1, 0.15) is 5.56 Å². The van der Waals surface area contributed by atoms with Crippen LogP contribution < -0.4 is 0 Å². The first-order chi connectivity index (χ1) is 5.79. The third-order valence-electron chi connectivity index (χ3n) is 1.49. The van der Waals surface area contributed by atoms with Crippen LogP contribution in [-0.4, -0.2) is 10.1 Å². The van der Waals surface area contributed by atoms with Crippen LogP contribution >= 0.6 is 11.3 Å². The predicted molar refractivity (Wildman–Crippen MR) is 46.0 cm³/mol. The van der Waals surface area contributed by atoms with Crippen LogP contribution in [0.2, 0.25) is 0 Å². The van der Waals surface area contributed by atoms with Crippen LogP contribution in [0.3, 0.4) is 0 Å². The summed E-state index contributed by atoms with van der Waals surface area (Å²) in [6, 6.07) is 5.30. The van der Waals surface area contributed by atoms with Gasteiger partial charge in [-0.3, -0.25) is 0 Å². The Kier molecular flexibility index (Phi) is 1.45. The van der Waals surface area contributed by atoms with Crippen molar-refractivity contribution in [1.29, 1.82) is 5.26 Å². The average Bonchev–Trinajstić information content (AvgIpc) is 2.43. The highest BCUT2D eigenvalue weighted by molar-refractivity contribution is 7.20. The molecule has 2 aromatic rings. The maximum absolute atomic E-state index is 9.12. The molecule has 2 heterocycles. The van der Waals surface area contributed by atoms with Gasteiger partial charge < -0.3 is 5.11 Å². The van der Waals surface area contributed by atoms with E-state index in [1.54, 1.807) is 12.1 Å². The summed E-state index contributed by atoms with van der Waals surface area (Å²) in [6.45, 7) is 0. The minimum atomic E-state index is 0.229. The van der Waals surface area contributed by atoms with E-state index in [4.69, 9.17) is 10.4 Å². The van der Waals surface area contributed by atoms with Crippen molar-refractivity contribution < 1.29 is 5.11 Å². The Labute approximate surface area is 72.5 Å². The zero-order valence-corrected chi connectivity index (χ0v) is 6.80. The number of hydrogen-bond acceptors (Lipinski definition) is 4. The lowest BCUT2D eigenvalue weighted by Gasteiger charge is -1.86. The average molecular weight is 176 g/mol. The van der Waals surface area contributed by atoms with Gasteiger partial charge in [-0.1, -0.05) is 11.3 Å². The van der Waals surface area contributed by atoms with E-state index >= 15 is 0 Å². The molecule has 0 saturated heterocycles. The third kappa shape index (κ3) is 1.00. The Hall–Kier alpha value is -1.60. The zero-order valence-electron chi connectivity index (χ0n) is 5.98. The number of hydrogen-bond donors (Lipinski definition) is 1. The molecule has 0 aliphatic rings. The van der Waals surface area contributed by atoms with Gasteiger partial charge in [0.25, 0.3) is 0 Å². The molecule has 0 bridgehead atoms. The molecule has 4 heteroatoms. The molecule has 0 radical (unpaired) electrons. The van der Waals surface area contributed by atoms with Gasteiger partial charge in [-0.05, 0) is 6.07 Å². The summed E-state index contributed by atoms with van der Waals surface area (Å²) in [4.78, 5) is 4.76. The van der Waals surface area contributed by atoms with E-state index in [9.17, 15) is 0 Å². The highest BCUT2D eigenvalue weighted by Crippen LogP contribution is 2.28. The van der Waals surface area contributed by atoms with E-state index in [-0.39, 0.29) is 5.06 Å². The number of pyridine rings is 1. The lowest BCUT2D eigenvalue weighted by molar-refractivity contribution is 0.491. The van der Waals surface area contributed by atoms with Crippen molar-refractivity contribution in [2.24, 2.45) is 0 Å². The van der Waals surface area contributed by atoms with E-state index in [1.807, 2.05) is 6.07 Å². The second-order valence-corrected chi connectivity index (χ2v) is 3.32. The van der Waals surface area contributed by atoms with Crippen molar-refractivity contribution in [3.63, 3.8) is 0 Å². The highest BCUT2D eigenvalue weighted by atomic mass is 32.1. The molecule has 0 unspecified atom stereocenters. The number of thiophene rings is 1. The van der Waals surface area contributed by atoms with Gasteiger partial charge in [-0.15, -0.1) is 0 Å². The topological polar surface area (TPSA) is 56.9 Å². The molecule has 1 N–H and O–H groups in total. The fourth-order valence-electron chi connectivity index (χ4n) is 0.981. The van der Waals surface area contributed by atoms with E-state index < -0.39 is 0 Å². The molecule has 0 saturated carbocycles. The molecular formula is C8H4N2OS. The summed E-state index contributed by atoms with van der Waals surface area (Å²) in [5.41, 5.74) is 0.514. The first-order valence-electron chi connectivity index (χ1n) is 3.28. The molecule has 0 amide bonds. The lowest BCUT2D eigenvalue weighted by atomic mass is 10.2. The number of rotatable bonds is 0. The first-order valence-corrected chi connectivity index (χ1v) is 4.10. The largest absolute Gasteiger partial charge is 0.499 e. The molecule has 0 aliphatic heterocycles. The standard InChI is InChI=1S/C8H4N2OS/c9-3-5-1-6-2-7(11)12-8(6)10-4-5/h1-2,4,11H.